The summed E-state index contributed by atoms with van der Waals surface area (Å²) in [5.74, 6) is -0.113. The minimum absolute atomic E-state index is 0.0206. The molecule has 0 aromatic heterocycles. The van der Waals surface area contributed by atoms with Crippen molar-refractivity contribution >= 4 is 11.8 Å². The molecule has 4 heteroatoms. The van der Waals surface area contributed by atoms with E-state index in [0.29, 0.717) is 19.4 Å². The van der Waals surface area contributed by atoms with E-state index in [2.05, 4.69) is 17.4 Å². The molecule has 2 aromatic carbocycles. The highest BCUT2D eigenvalue weighted by atomic mass is 16.2. The first-order chi connectivity index (χ1) is 13.7. The van der Waals surface area contributed by atoms with E-state index in [4.69, 9.17) is 0 Å². The molecule has 0 aliphatic heterocycles. The van der Waals surface area contributed by atoms with Crippen LogP contribution in [-0.4, -0.2) is 28.8 Å². The van der Waals surface area contributed by atoms with Crippen molar-refractivity contribution in [2.45, 2.75) is 73.0 Å². The smallest absolute Gasteiger partial charge is 0.243 e. The Morgan fingerprint density at radius 1 is 0.966 bits per heavy atom. The Kier molecular flexibility index (Phi) is 8.00. The third-order valence-corrected chi connectivity index (χ3v) is 5.27. The Bertz CT molecular complexity index is 858. The summed E-state index contributed by atoms with van der Waals surface area (Å²) in [4.78, 5) is 28.1. The van der Waals surface area contributed by atoms with Crippen molar-refractivity contribution < 1.29 is 9.59 Å². The van der Waals surface area contributed by atoms with Gasteiger partial charge in [0.25, 0.3) is 0 Å². The molecule has 2 aromatic rings. The predicted octanol–water partition coefficient (Wildman–Crippen LogP) is 4.49. The number of rotatable bonds is 8. The number of hydrogen-bond acceptors (Lipinski definition) is 2. The average Bonchev–Trinajstić information content (AvgIpc) is 2.65. The average molecular weight is 395 g/mol. The van der Waals surface area contributed by atoms with Gasteiger partial charge in [-0.05, 0) is 63.3 Å². The van der Waals surface area contributed by atoms with Crippen LogP contribution in [0.4, 0.5) is 0 Å². The summed E-state index contributed by atoms with van der Waals surface area (Å²) in [6.07, 6.45) is 0.869. The van der Waals surface area contributed by atoms with Gasteiger partial charge in [-0.15, -0.1) is 0 Å². The maximum Gasteiger partial charge on any atom is 0.243 e. The molecule has 0 aliphatic carbocycles. The fourth-order valence-electron chi connectivity index (χ4n) is 3.53. The van der Waals surface area contributed by atoms with Crippen LogP contribution < -0.4 is 5.32 Å². The van der Waals surface area contributed by atoms with E-state index in [-0.39, 0.29) is 17.9 Å². The van der Waals surface area contributed by atoms with Crippen LogP contribution in [0.15, 0.2) is 42.5 Å². The SMILES string of the molecule is CCC(C(=O)NC(C)C)N(Cc1ccccc1C)C(=O)Cc1cc(C)ccc1C. The maximum atomic E-state index is 13.4. The van der Waals surface area contributed by atoms with Gasteiger partial charge in [-0.2, -0.15) is 0 Å². The number of amides is 2. The van der Waals surface area contributed by atoms with Gasteiger partial charge in [0, 0.05) is 12.6 Å². The second-order valence-corrected chi connectivity index (χ2v) is 8.14. The zero-order valence-electron chi connectivity index (χ0n) is 18.6. The fraction of sp³-hybridized carbons (Fsp3) is 0.440. The van der Waals surface area contributed by atoms with Crippen molar-refractivity contribution in [1.29, 1.82) is 0 Å². The molecule has 1 N–H and O–H groups in total. The van der Waals surface area contributed by atoms with E-state index < -0.39 is 6.04 Å². The highest BCUT2D eigenvalue weighted by Gasteiger charge is 2.29. The van der Waals surface area contributed by atoms with E-state index in [9.17, 15) is 9.59 Å². The van der Waals surface area contributed by atoms with Crippen molar-refractivity contribution in [3.8, 4) is 0 Å². The quantitative estimate of drug-likeness (QED) is 0.717. The Balaban J connectivity index is 2.36. The number of benzene rings is 2. The van der Waals surface area contributed by atoms with Crippen LogP contribution >= 0.6 is 0 Å². The standard InChI is InChI=1S/C25H34N2O2/c1-7-23(25(29)26-17(2)3)27(16-21-11-9-8-10-19(21)5)24(28)15-22-14-18(4)12-13-20(22)6/h8-14,17,23H,7,15-16H2,1-6H3,(H,26,29). The Hall–Kier alpha value is -2.62. The molecule has 0 aliphatic rings. The predicted molar refractivity (Wildman–Crippen MR) is 119 cm³/mol. The topological polar surface area (TPSA) is 49.4 Å². The summed E-state index contributed by atoms with van der Waals surface area (Å²) in [5, 5.41) is 2.98. The van der Waals surface area contributed by atoms with Crippen LogP contribution in [0.5, 0.6) is 0 Å². The third kappa shape index (κ3) is 6.18. The van der Waals surface area contributed by atoms with Crippen molar-refractivity contribution in [2.24, 2.45) is 0 Å². The number of nitrogens with zero attached hydrogens (tertiary/aromatic N) is 1. The lowest BCUT2D eigenvalue weighted by atomic mass is 10.0. The number of hydrogen-bond donors (Lipinski definition) is 1. The summed E-state index contributed by atoms with van der Waals surface area (Å²) in [6, 6.07) is 13.7. The van der Waals surface area contributed by atoms with Gasteiger partial charge in [-0.3, -0.25) is 9.59 Å². The van der Waals surface area contributed by atoms with Crippen LogP contribution in [-0.2, 0) is 22.6 Å². The highest BCUT2D eigenvalue weighted by molar-refractivity contribution is 5.88. The van der Waals surface area contributed by atoms with Gasteiger partial charge < -0.3 is 10.2 Å². The van der Waals surface area contributed by atoms with E-state index in [1.165, 1.54) is 0 Å². The van der Waals surface area contributed by atoms with Gasteiger partial charge in [0.1, 0.15) is 6.04 Å². The lowest BCUT2D eigenvalue weighted by molar-refractivity contribution is -0.141. The minimum Gasteiger partial charge on any atom is -0.352 e. The molecule has 29 heavy (non-hydrogen) atoms. The maximum absolute atomic E-state index is 13.4. The Morgan fingerprint density at radius 3 is 2.24 bits per heavy atom. The van der Waals surface area contributed by atoms with Crippen molar-refractivity contribution in [2.75, 3.05) is 0 Å². The molecule has 0 heterocycles. The summed E-state index contributed by atoms with van der Waals surface area (Å²) in [5.41, 5.74) is 5.44. The molecular weight excluding hydrogens is 360 g/mol. The molecule has 0 saturated carbocycles. The Morgan fingerprint density at radius 2 is 1.62 bits per heavy atom. The van der Waals surface area contributed by atoms with Crippen molar-refractivity contribution in [3.63, 3.8) is 0 Å². The van der Waals surface area contributed by atoms with Gasteiger partial charge >= 0.3 is 0 Å². The molecular formula is C25H34N2O2. The van der Waals surface area contributed by atoms with E-state index in [0.717, 1.165) is 27.8 Å². The summed E-state index contributed by atoms with van der Waals surface area (Å²) in [6.45, 7) is 12.4. The molecule has 0 bridgehead atoms. The first-order valence-electron chi connectivity index (χ1n) is 10.4. The summed E-state index contributed by atoms with van der Waals surface area (Å²) < 4.78 is 0. The molecule has 0 fully saturated rings. The molecule has 4 nitrogen and oxygen atoms in total. The molecule has 2 rings (SSSR count). The van der Waals surface area contributed by atoms with Gasteiger partial charge in [-0.1, -0.05) is 55.0 Å². The second-order valence-electron chi connectivity index (χ2n) is 8.14. The first-order valence-corrected chi connectivity index (χ1v) is 10.4. The second kappa shape index (κ2) is 10.2. The highest BCUT2D eigenvalue weighted by Crippen LogP contribution is 2.19. The van der Waals surface area contributed by atoms with Gasteiger partial charge in [-0.25, -0.2) is 0 Å². The van der Waals surface area contributed by atoms with E-state index >= 15 is 0 Å². The zero-order chi connectivity index (χ0) is 21.6. The van der Waals surface area contributed by atoms with Crippen LogP contribution in [0, 0.1) is 20.8 Å². The lowest BCUT2D eigenvalue weighted by Crippen LogP contribution is -2.50. The molecule has 1 unspecified atom stereocenters. The van der Waals surface area contributed by atoms with Crippen molar-refractivity contribution in [3.05, 3.63) is 70.3 Å². The fourth-order valence-corrected chi connectivity index (χ4v) is 3.53. The molecule has 2 amide bonds. The number of nitrogens with one attached hydrogen (secondary N) is 1. The largest absolute Gasteiger partial charge is 0.352 e. The third-order valence-electron chi connectivity index (χ3n) is 5.27. The summed E-state index contributed by atoms with van der Waals surface area (Å²) >= 11 is 0. The number of carbonyl (C=O) groups is 2. The van der Waals surface area contributed by atoms with Gasteiger partial charge in [0.15, 0.2) is 0 Å². The lowest BCUT2D eigenvalue weighted by Gasteiger charge is -2.32. The first kappa shape index (κ1) is 22.7. The van der Waals surface area contributed by atoms with Gasteiger partial charge in [0.05, 0.1) is 6.42 Å². The molecule has 156 valence electrons. The van der Waals surface area contributed by atoms with Crippen molar-refractivity contribution in [1.82, 2.24) is 10.2 Å². The van der Waals surface area contributed by atoms with Crippen LogP contribution in [0.25, 0.3) is 0 Å². The molecule has 0 spiro atoms. The van der Waals surface area contributed by atoms with Gasteiger partial charge in [0.2, 0.25) is 11.8 Å². The minimum atomic E-state index is -0.491. The Labute approximate surface area is 175 Å². The van der Waals surface area contributed by atoms with E-state index in [1.807, 2.05) is 71.9 Å². The number of carbonyl (C=O) groups excluding carboxylic acids is 2. The molecule has 1 atom stereocenters. The molecule has 0 saturated heterocycles. The monoisotopic (exact) mass is 394 g/mol. The summed E-state index contributed by atoms with van der Waals surface area (Å²) in [7, 11) is 0. The molecule has 0 radical (unpaired) electrons. The normalized spacial score (nSPS) is 12.0. The van der Waals surface area contributed by atoms with Crippen LogP contribution in [0.3, 0.4) is 0 Å². The van der Waals surface area contributed by atoms with Crippen LogP contribution in [0.1, 0.15) is 55.0 Å². The van der Waals surface area contributed by atoms with Crippen LogP contribution in [0.2, 0.25) is 0 Å². The zero-order valence-corrected chi connectivity index (χ0v) is 18.6. The van der Waals surface area contributed by atoms with E-state index in [1.54, 1.807) is 4.90 Å². The number of aryl methyl sites for hydroxylation is 3.